The van der Waals surface area contributed by atoms with Crippen LogP contribution in [0.5, 0.6) is 0 Å². The average molecular weight is 596 g/mol. The number of carboxylic acids is 1. The first kappa shape index (κ1) is 26.6. The van der Waals surface area contributed by atoms with E-state index in [1.807, 2.05) is 6.07 Å². The van der Waals surface area contributed by atoms with Crippen LogP contribution in [0.1, 0.15) is 72.0 Å². The quantitative estimate of drug-likeness (QED) is 0.213. The smallest absolute Gasteiger partial charge is 0.335 e. The minimum absolute atomic E-state index is 0.101. The van der Waals surface area contributed by atoms with E-state index in [9.17, 15) is 4.79 Å². The lowest BCUT2D eigenvalue weighted by molar-refractivity contribution is -0.215. The van der Waals surface area contributed by atoms with E-state index in [-0.39, 0.29) is 11.0 Å². The van der Waals surface area contributed by atoms with Gasteiger partial charge in [0.05, 0.1) is 35.4 Å². The van der Waals surface area contributed by atoms with E-state index in [1.54, 1.807) is 24.3 Å². The summed E-state index contributed by atoms with van der Waals surface area (Å²) in [6.07, 6.45) is 5.44. The van der Waals surface area contributed by atoms with Gasteiger partial charge in [-0.25, -0.2) is 4.79 Å². The van der Waals surface area contributed by atoms with Crippen LogP contribution in [0.3, 0.4) is 0 Å². The normalized spacial score (nSPS) is 23.7. The van der Waals surface area contributed by atoms with Crippen molar-refractivity contribution in [3.8, 4) is 22.6 Å². The Morgan fingerprint density at radius 2 is 1.73 bits per heavy atom. The third-order valence-corrected chi connectivity index (χ3v) is 9.23. The number of nitrogens with zero attached hydrogens (tertiary/aromatic N) is 3. The Labute approximate surface area is 245 Å². The minimum atomic E-state index is -0.982. The molecule has 212 valence electrons. The summed E-state index contributed by atoms with van der Waals surface area (Å²) < 4.78 is 24.2. The molecule has 2 bridgehead atoms. The molecule has 2 aliphatic heterocycles. The van der Waals surface area contributed by atoms with Crippen molar-refractivity contribution < 1.29 is 28.4 Å². The van der Waals surface area contributed by atoms with Gasteiger partial charge in [-0.3, -0.25) is 0 Å². The van der Waals surface area contributed by atoms with Crippen molar-refractivity contribution in [2.75, 3.05) is 13.2 Å². The summed E-state index contributed by atoms with van der Waals surface area (Å²) in [5, 5.41) is 18.7. The number of ether oxygens (including phenoxy) is 2. The maximum Gasteiger partial charge on any atom is 0.335 e. The van der Waals surface area contributed by atoms with Gasteiger partial charge >= 0.3 is 5.97 Å². The van der Waals surface area contributed by atoms with Crippen molar-refractivity contribution in [3.05, 3.63) is 75.3 Å². The first-order valence-electron chi connectivity index (χ1n) is 13.7. The zero-order chi connectivity index (χ0) is 28.2. The van der Waals surface area contributed by atoms with Crippen molar-refractivity contribution in [1.29, 1.82) is 0 Å². The molecule has 0 unspecified atom stereocenters. The van der Waals surface area contributed by atoms with Crippen molar-refractivity contribution in [1.82, 2.24) is 15.3 Å². The van der Waals surface area contributed by atoms with Gasteiger partial charge in [-0.15, -0.1) is 0 Å². The summed E-state index contributed by atoms with van der Waals surface area (Å²) in [5.74, 6) is 1.11. The molecular weight excluding hydrogens is 569 g/mol. The largest absolute Gasteiger partial charge is 0.478 e. The number of benzene rings is 2. The van der Waals surface area contributed by atoms with E-state index in [1.165, 1.54) is 12.1 Å². The summed E-state index contributed by atoms with van der Waals surface area (Å²) in [6, 6.07) is 11.8. The molecule has 0 spiro atoms. The molecule has 41 heavy (non-hydrogen) atoms. The zero-order valence-electron chi connectivity index (χ0n) is 22.1. The summed E-state index contributed by atoms with van der Waals surface area (Å²) in [7, 11) is 0. The zero-order valence-corrected chi connectivity index (χ0v) is 23.6. The van der Waals surface area contributed by atoms with Crippen molar-refractivity contribution in [2.24, 2.45) is 5.41 Å². The maximum absolute atomic E-state index is 11.1. The number of carboxylic acid groups (broad SMARTS) is 1. The van der Waals surface area contributed by atoms with Crippen LogP contribution in [-0.4, -0.2) is 39.6 Å². The average Bonchev–Trinajstić information content (AvgIpc) is 3.55. The van der Waals surface area contributed by atoms with Gasteiger partial charge in [-0.2, -0.15) is 4.98 Å². The van der Waals surface area contributed by atoms with E-state index in [2.05, 4.69) is 15.3 Å². The molecule has 9 nitrogen and oxygen atoms in total. The highest BCUT2D eigenvalue weighted by atomic mass is 35.5. The van der Waals surface area contributed by atoms with Crippen molar-refractivity contribution >= 4 is 29.2 Å². The molecule has 4 aromatic rings. The van der Waals surface area contributed by atoms with Crippen LogP contribution in [0.25, 0.3) is 22.6 Å². The summed E-state index contributed by atoms with van der Waals surface area (Å²) in [5.41, 5.74) is 2.40. The predicted molar refractivity (Wildman–Crippen MR) is 149 cm³/mol. The number of fused-ring (bicyclic) bond motifs is 3. The van der Waals surface area contributed by atoms with E-state index in [4.69, 9.17) is 46.8 Å². The van der Waals surface area contributed by atoms with Gasteiger partial charge in [0, 0.05) is 28.0 Å². The fourth-order valence-electron chi connectivity index (χ4n) is 5.93. The number of hydrogen-bond acceptors (Lipinski definition) is 8. The number of halogens is 2. The van der Waals surface area contributed by atoms with Gasteiger partial charge in [0.25, 0.3) is 5.89 Å². The topological polar surface area (TPSA) is 121 Å². The van der Waals surface area contributed by atoms with Gasteiger partial charge < -0.3 is 23.6 Å². The number of aromatic carboxylic acids is 1. The first-order valence-corrected chi connectivity index (χ1v) is 14.4. The molecule has 1 N–H and O–H groups in total. The second-order valence-corrected chi connectivity index (χ2v) is 12.1. The molecule has 4 fully saturated rings. The van der Waals surface area contributed by atoms with Gasteiger partial charge in [0.2, 0.25) is 5.82 Å². The van der Waals surface area contributed by atoms with E-state index < -0.39 is 11.6 Å². The van der Waals surface area contributed by atoms with Gasteiger partial charge in [-0.05, 0) is 62.8 Å². The fourth-order valence-corrected chi connectivity index (χ4v) is 6.51. The molecular formula is C30H27Cl2N3O6. The monoisotopic (exact) mass is 595 g/mol. The predicted octanol–water partition coefficient (Wildman–Crippen LogP) is 7.28. The lowest BCUT2D eigenvalue weighted by atomic mass is 9.66. The molecule has 0 amide bonds. The van der Waals surface area contributed by atoms with Crippen LogP contribution in [0, 0.1) is 5.41 Å². The van der Waals surface area contributed by atoms with Gasteiger partial charge in [0.1, 0.15) is 17.1 Å². The second-order valence-electron chi connectivity index (χ2n) is 11.3. The molecule has 11 heteroatoms. The second kappa shape index (κ2) is 10.2. The Kier molecular flexibility index (Phi) is 6.65. The molecule has 0 atom stereocenters. The third kappa shape index (κ3) is 4.84. The Bertz CT molecular complexity index is 1570. The molecule has 2 saturated carbocycles. The van der Waals surface area contributed by atoms with Gasteiger partial charge in [-0.1, -0.05) is 51.7 Å². The van der Waals surface area contributed by atoms with Crippen LogP contribution in [-0.2, 0) is 21.7 Å². The van der Waals surface area contributed by atoms with E-state index in [0.29, 0.717) is 64.3 Å². The van der Waals surface area contributed by atoms with Crippen LogP contribution in [0.4, 0.5) is 0 Å². The fraction of sp³-hybridized carbons (Fsp3) is 0.400. The number of rotatable bonds is 9. The third-order valence-electron chi connectivity index (χ3n) is 8.60. The summed E-state index contributed by atoms with van der Waals surface area (Å²) in [6.45, 7) is 1.42. The highest BCUT2D eigenvalue weighted by molar-refractivity contribution is 6.39. The molecule has 2 aromatic heterocycles. The van der Waals surface area contributed by atoms with Crippen molar-refractivity contribution in [2.45, 2.75) is 56.7 Å². The van der Waals surface area contributed by atoms with E-state index in [0.717, 1.165) is 49.8 Å². The molecule has 8 rings (SSSR count). The SMILES string of the molecule is O=C(O)c1ccc(-c2noc(C34CCC(COCc5c(-c6c(Cl)cccc6Cl)noc5C5CC5)(CC3)CO4)n2)cc1. The van der Waals surface area contributed by atoms with Gasteiger partial charge in [0.15, 0.2) is 0 Å². The maximum atomic E-state index is 11.1. The Morgan fingerprint density at radius 1 is 1.00 bits per heavy atom. The molecule has 0 radical (unpaired) electrons. The lowest BCUT2D eigenvalue weighted by Gasteiger charge is -2.51. The molecule has 4 aliphatic rings. The molecule has 2 aliphatic carbocycles. The van der Waals surface area contributed by atoms with Crippen LogP contribution < -0.4 is 0 Å². The molecule has 2 saturated heterocycles. The van der Waals surface area contributed by atoms with Crippen molar-refractivity contribution in [3.63, 3.8) is 0 Å². The number of carbonyl (C=O) groups is 1. The molecule has 4 heterocycles. The Hall–Kier alpha value is -3.24. The summed E-state index contributed by atoms with van der Waals surface area (Å²) in [4.78, 5) is 15.8. The Balaban J connectivity index is 1.03. The van der Waals surface area contributed by atoms with Crippen LogP contribution in [0.2, 0.25) is 10.0 Å². The van der Waals surface area contributed by atoms with Crippen LogP contribution in [0.15, 0.2) is 51.5 Å². The highest BCUT2D eigenvalue weighted by Gasteiger charge is 2.53. The summed E-state index contributed by atoms with van der Waals surface area (Å²) >= 11 is 13.0. The first-order chi connectivity index (χ1) is 19.9. The number of aromatic nitrogens is 3. The minimum Gasteiger partial charge on any atom is -0.478 e. The van der Waals surface area contributed by atoms with Crippen LogP contribution >= 0.6 is 23.2 Å². The van der Waals surface area contributed by atoms with E-state index >= 15 is 0 Å². The molecule has 2 aromatic carbocycles. The highest BCUT2D eigenvalue weighted by Crippen LogP contribution is 2.54. The Morgan fingerprint density at radius 3 is 2.37 bits per heavy atom. The lowest BCUT2D eigenvalue weighted by Crippen LogP contribution is -2.51. The standard InChI is InChI=1S/C30H27Cl2N3O6/c31-21-2-1-3-22(32)23(21)24-20(25(40-34-24)17-4-5-17)14-38-15-29-10-12-30(13-11-29,39-16-29)28-33-26(35-41-28)18-6-8-19(9-7-18)27(36)37/h1-3,6-9,17H,4-5,10-16H2,(H,36,37). The number of hydrogen-bond donors (Lipinski definition) is 1.